The van der Waals surface area contributed by atoms with Gasteiger partial charge in [-0.05, 0) is 36.5 Å². The van der Waals surface area contributed by atoms with E-state index in [2.05, 4.69) is 44.6 Å². The molecule has 6 heteroatoms. The molecule has 0 heterocycles. The number of hydrogen-bond donors (Lipinski definition) is 2. The van der Waals surface area contributed by atoms with Crippen molar-refractivity contribution in [1.82, 2.24) is 5.43 Å². The van der Waals surface area contributed by atoms with E-state index < -0.39 is 0 Å². The summed E-state index contributed by atoms with van der Waals surface area (Å²) in [6.07, 6.45) is 0. The van der Waals surface area contributed by atoms with Gasteiger partial charge in [0.15, 0.2) is 5.11 Å². The second-order valence-corrected chi connectivity index (χ2v) is 6.26. The zero-order chi connectivity index (χ0) is 17.7. The van der Waals surface area contributed by atoms with Gasteiger partial charge in [-0.15, -0.1) is 0 Å². The highest BCUT2D eigenvalue weighted by molar-refractivity contribution is 7.80. The molecular formula is C18H23N5S. The maximum atomic E-state index is 5.52. The van der Waals surface area contributed by atoms with E-state index in [0.717, 1.165) is 28.2 Å². The van der Waals surface area contributed by atoms with Crippen molar-refractivity contribution in [2.45, 2.75) is 0 Å². The van der Waals surface area contributed by atoms with Crippen LogP contribution in [0, 0.1) is 0 Å². The van der Waals surface area contributed by atoms with Gasteiger partial charge in [0.1, 0.15) is 0 Å². The second-order valence-electron chi connectivity index (χ2n) is 5.82. The molecule has 2 rings (SSSR count). The molecular weight excluding hydrogens is 318 g/mol. The Hall–Kier alpha value is -2.60. The fourth-order valence-corrected chi connectivity index (χ4v) is 2.29. The summed E-state index contributed by atoms with van der Waals surface area (Å²) in [5, 5.41) is 4.53. The SMILES string of the molecule is CN(C)c1ccc(C(=NNC(N)=S)c2ccc(N(C)C)cc2)cc1. The number of hydrazone groups is 1. The molecule has 2 aromatic rings. The summed E-state index contributed by atoms with van der Waals surface area (Å²) in [5.41, 5.74) is 13.2. The van der Waals surface area contributed by atoms with Crippen molar-refractivity contribution >= 4 is 34.4 Å². The molecule has 0 aromatic heterocycles. The molecule has 0 aliphatic heterocycles. The van der Waals surface area contributed by atoms with Gasteiger partial charge in [0.2, 0.25) is 0 Å². The Morgan fingerprint density at radius 1 is 0.833 bits per heavy atom. The molecule has 3 N–H and O–H groups in total. The third kappa shape index (κ3) is 4.45. The van der Waals surface area contributed by atoms with E-state index in [4.69, 9.17) is 18.0 Å². The highest BCUT2D eigenvalue weighted by Gasteiger charge is 2.09. The van der Waals surface area contributed by atoms with E-state index >= 15 is 0 Å². The molecule has 0 unspecified atom stereocenters. The van der Waals surface area contributed by atoms with Gasteiger partial charge in [-0.3, -0.25) is 5.43 Å². The molecule has 24 heavy (non-hydrogen) atoms. The van der Waals surface area contributed by atoms with E-state index in [1.54, 1.807) is 0 Å². The highest BCUT2D eigenvalue weighted by atomic mass is 32.1. The van der Waals surface area contributed by atoms with Crippen molar-refractivity contribution < 1.29 is 0 Å². The molecule has 126 valence electrons. The minimum atomic E-state index is 0.141. The van der Waals surface area contributed by atoms with Gasteiger partial charge in [-0.1, -0.05) is 24.3 Å². The van der Waals surface area contributed by atoms with Crippen LogP contribution >= 0.6 is 12.2 Å². The number of nitrogens with zero attached hydrogens (tertiary/aromatic N) is 3. The minimum absolute atomic E-state index is 0.141. The lowest BCUT2D eigenvalue weighted by molar-refractivity contribution is 1.03. The lowest BCUT2D eigenvalue weighted by Crippen LogP contribution is -2.26. The van der Waals surface area contributed by atoms with Crippen molar-refractivity contribution in [2.24, 2.45) is 10.8 Å². The molecule has 0 fully saturated rings. The highest BCUT2D eigenvalue weighted by Crippen LogP contribution is 2.18. The molecule has 0 saturated carbocycles. The molecule has 0 saturated heterocycles. The van der Waals surface area contributed by atoms with Crippen LogP contribution in [0.25, 0.3) is 0 Å². The summed E-state index contributed by atoms with van der Waals surface area (Å²) in [4.78, 5) is 4.11. The van der Waals surface area contributed by atoms with Crippen LogP contribution in [0.4, 0.5) is 11.4 Å². The van der Waals surface area contributed by atoms with Gasteiger partial charge in [0, 0.05) is 50.7 Å². The molecule has 0 bridgehead atoms. The number of nitrogens with one attached hydrogen (secondary N) is 1. The van der Waals surface area contributed by atoms with Gasteiger partial charge in [0.05, 0.1) is 5.71 Å². The number of thiocarbonyl (C=S) groups is 1. The second kappa shape index (κ2) is 7.79. The molecule has 0 radical (unpaired) electrons. The molecule has 0 amide bonds. The van der Waals surface area contributed by atoms with Crippen LogP contribution in [0.2, 0.25) is 0 Å². The fourth-order valence-electron chi connectivity index (χ4n) is 2.24. The van der Waals surface area contributed by atoms with Crippen molar-refractivity contribution in [1.29, 1.82) is 0 Å². The van der Waals surface area contributed by atoms with Crippen molar-refractivity contribution in [2.75, 3.05) is 38.0 Å². The molecule has 5 nitrogen and oxygen atoms in total. The van der Waals surface area contributed by atoms with E-state index in [9.17, 15) is 0 Å². The molecule has 0 atom stereocenters. The van der Waals surface area contributed by atoms with E-state index in [0.29, 0.717) is 0 Å². The van der Waals surface area contributed by atoms with E-state index in [-0.39, 0.29) is 5.11 Å². The number of benzene rings is 2. The summed E-state index contributed by atoms with van der Waals surface area (Å²) in [7, 11) is 8.05. The van der Waals surface area contributed by atoms with Crippen molar-refractivity contribution in [3.05, 3.63) is 59.7 Å². The summed E-state index contributed by atoms with van der Waals surface area (Å²) in [5.74, 6) is 0. The van der Waals surface area contributed by atoms with Crippen LogP contribution in [-0.2, 0) is 0 Å². The first-order chi connectivity index (χ1) is 11.4. The predicted molar refractivity (Wildman–Crippen MR) is 107 cm³/mol. The molecule has 0 aliphatic rings. The fraction of sp³-hybridized carbons (Fsp3) is 0.222. The Morgan fingerprint density at radius 2 is 1.21 bits per heavy atom. The molecule has 2 aromatic carbocycles. The Bertz CT molecular complexity index is 665. The predicted octanol–water partition coefficient (Wildman–Crippen LogP) is 2.40. The smallest absolute Gasteiger partial charge is 0.184 e. The van der Waals surface area contributed by atoms with Crippen LogP contribution in [0.1, 0.15) is 11.1 Å². The monoisotopic (exact) mass is 341 g/mol. The van der Waals surface area contributed by atoms with Crippen LogP contribution in [0.3, 0.4) is 0 Å². The maximum Gasteiger partial charge on any atom is 0.184 e. The first-order valence-corrected chi connectivity index (χ1v) is 7.98. The third-order valence-corrected chi connectivity index (χ3v) is 3.68. The zero-order valence-electron chi connectivity index (χ0n) is 14.4. The van der Waals surface area contributed by atoms with E-state index in [1.165, 1.54) is 0 Å². The maximum absolute atomic E-state index is 5.52. The topological polar surface area (TPSA) is 56.9 Å². The van der Waals surface area contributed by atoms with Crippen molar-refractivity contribution in [3.63, 3.8) is 0 Å². The van der Waals surface area contributed by atoms with Gasteiger partial charge in [-0.25, -0.2) is 0 Å². The summed E-state index contributed by atoms with van der Waals surface area (Å²) in [6, 6.07) is 16.4. The standard InChI is InChI=1S/C18H23N5S/c1-22(2)15-9-5-13(6-10-15)17(20-21-18(19)24)14-7-11-16(12-8-14)23(3)4/h5-12H,1-4H3,(H3,19,21,24). The Kier molecular flexibility index (Phi) is 5.76. The first kappa shape index (κ1) is 17.7. The summed E-state index contributed by atoms with van der Waals surface area (Å²) in [6.45, 7) is 0. The average molecular weight is 341 g/mol. The number of anilines is 2. The summed E-state index contributed by atoms with van der Waals surface area (Å²) >= 11 is 4.87. The normalized spacial score (nSPS) is 10.0. The number of hydrogen-bond acceptors (Lipinski definition) is 4. The Morgan fingerprint density at radius 3 is 1.50 bits per heavy atom. The van der Waals surface area contributed by atoms with E-state index in [1.807, 2.05) is 52.5 Å². The minimum Gasteiger partial charge on any atom is -0.378 e. The lowest BCUT2D eigenvalue weighted by Gasteiger charge is -2.15. The summed E-state index contributed by atoms with van der Waals surface area (Å²) < 4.78 is 0. The molecule has 0 spiro atoms. The number of rotatable bonds is 5. The Balaban J connectivity index is 2.41. The van der Waals surface area contributed by atoms with Crippen LogP contribution in [0.15, 0.2) is 53.6 Å². The van der Waals surface area contributed by atoms with Gasteiger partial charge in [0.25, 0.3) is 0 Å². The average Bonchev–Trinajstić information content (AvgIpc) is 2.55. The van der Waals surface area contributed by atoms with Gasteiger partial charge < -0.3 is 15.5 Å². The Labute approximate surface area is 148 Å². The third-order valence-electron chi connectivity index (χ3n) is 3.59. The first-order valence-electron chi connectivity index (χ1n) is 7.57. The van der Waals surface area contributed by atoms with Gasteiger partial charge in [-0.2, -0.15) is 5.10 Å². The largest absolute Gasteiger partial charge is 0.378 e. The number of nitrogens with two attached hydrogens (primary N) is 1. The van der Waals surface area contributed by atoms with Crippen LogP contribution in [-0.4, -0.2) is 39.0 Å². The quantitative estimate of drug-likeness (QED) is 0.497. The molecule has 0 aliphatic carbocycles. The van der Waals surface area contributed by atoms with Gasteiger partial charge >= 0.3 is 0 Å². The van der Waals surface area contributed by atoms with Crippen LogP contribution in [0.5, 0.6) is 0 Å². The van der Waals surface area contributed by atoms with Crippen LogP contribution < -0.4 is 21.0 Å². The van der Waals surface area contributed by atoms with Crippen molar-refractivity contribution in [3.8, 4) is 0 Å². The zero-order valence-corrected chi connectivity index (χ0v) is 15.3. The lowest BCUT2D eigenvalue weighted by atomic mass is 10.0.